The van der Waals surface area contributed by atoms with Crippen LogP contribution in [-0.4, -0.2) is 60.7 Å². The van der Waals surface area contributed by atoms with Crippen LogP contribution in [0.4, 0.5) is 11.4 Å². The molecule has 1 aliphatic rings. The Morgan fingerprint density at radius 2 is 1.59 bits per heavy atom. The minimum atomic E-state index is -0.188. The topological polar surface area (TPSA) is 73.0 Å². The van der Waals surface area contributed by atoms with E-state index in [-0.39, 0.29) is 23.6 Å². The van der Waals surface area contributed by atoms with Gasteiger partial charge < -0.3 is 20.0 Å². The minimum Gasteiger partial charge on any atom is -0.369 e. The summed E-state index contributed by atoms with van der Waals surface area (Å²) in [6.45, 7) is 6.61. The molecule has 1 saturated heterocycles. The van der Waals surface area contributed by atoms with Crippen LogP contribution in [0.5, 0.6) is 0 Å². The summed E-state index contributed by atoms with van der Waals surface area (Å²) in [5, 5.41) is 2.81. The van der Waals surface area contributed by atoms with E-state index in [0.717, 1.165) is 36.2 Å². The Morgan fingerprint density at radius 1 is 0.897 bits per heavy atom. The van der Waals surface area contributed by atoms with E-state index in [1.165, 1.54) is 6.92 Å². The highest BCUT2D eigenvalue weighted by atomic mass is 16.2. The molecular formula is C32H38N4O3. The molecule has 1 fully saturated rings. The minimum absolute atomic E-state index is 0.117. The van der Waals surface area contributed by atoms with Crippen molar-refractivity contribution < 1.29 is 14.4 Å². The highest BCUT2D eigenvalue weighted by molar-refractivity contribution is 6.02. The number of nitrogens with zero attached hydrogens (tertiary/aromatic N) is 3. The average Bonchev–Trinajstić information content (AvgIpc) is 3.20. The number of carbonyl (C=O) groups is 3. The number of anilines is 2. The maximum Gasteiger partial charge on any atom is 0.256 e. The Labute approximate surface area is 231 Å². The van der Waals surface area contributed by atoms with Gasteiger partial charge in [0, 0.05) is 58.1 Å². The summed E-state index contributed by atoms with van der Waals surface area (Å²) in [6.07, 6.45) is 1.55. The zero-order valence-corrected chi connectivity index (χ0v) is 23.1. The average molecular weight is 527 g/mol. The molecule has 7 nitrogen and oxygen atoms in total. The zero-order valence-electron chi connectivity index (χ0n) is 23.1. The quantitative estimate of drug-likeness (QED) is 0.441. The van der Waals surface area contributed by atoms with E-state index in [1.807, 2.05) is 77.7 Å². The van der Waals surface area contributed by atoms with Gasteiger partial charge in [-0.15, -0.1) is 0 Å². The third-order valence-electron chi connectivity index (χ3n) is 7.21. The van der Waals surface area contributed by atoms with Crippen LogP contribution in [0.1, 0.15) is 54.1 Å². The van der Waals surface area contributed by atoms with Gasteiger partial charge in [-0.1, -0.05) is 67.6 Å². The Bertz CT molecular complexity index is 1280. The van der Waals surface area contributed by atoms with Crippen molar-refractivity contribution in [1.29, 1.82) is 0 Å². The van der Waals surface area contributed by atoms with E-state index in [2.05, 4.69) is 17.1 Å². The normalized spacial score (nSPS) is 14.3. The largest absolute Gasteiger partial charge is 0.369 e. The predicted octanol–water partition coefficient (Wildman–Crippen LogP) is 5.15. The van der Waals surface area contributed by atoms with Crippen LogP contribution in [0.3, 0.4) is 0 Å². The van der Waals surface area contributed by atoms with Crippen molar-refractivity contribution in [3.63, 3.8) is 0 Å². The summed E-state index contributed by atoms with van der Waals surface area (Å²) in [4.78, 5) is 44.8. The molecule has 39 heavy (non-hydrogen) atoms. The first-order valence-corrected chi connectivity index (χ1v) is 13.7. The van der Waals surface area contributed by atoms with Crippen molar-refractivity contribution in [2.75, 3.05) is 43.4 Å². The van der Waals surface area contributed by atoms with Crippen LogP contribution in [-0.2, 0) is 16.1 Å². The lowest BCUT2D eigenvalue weighted by Gasteiger charge is -2.28. The van der Waals surface area contributed by atoms with Crippen LogP contribution < -0.4 is 10.2 Å². The van der Waals surface area contributed by atoms with Gasteiger partial charge in [0.1, 0.15) is 0 Å². The smallest absolute Gasteiger partial charge is 0.256 e. The molecule has 3 amide bonds. The number of benzene rings is 3. The van der Waals surface area contributed by atoms with E-state index >= 15 is 0 Å². The fraction of sp³-hybridized carbons (Fsp3) is 0.344. The molecule has 1 atom stereocenters. The van der Waals surface area contributed by atoms with Gasteiger partial charge in [-0.3, -0.25) is 14.4 Å². The van der Waals surface area contributed by atoms with Gasteiger partial charge >= 0.3 is 0 Å². The fourth-order valence-electron chi connectivity index (χ4n) is 5.24. The molecule has 1 unspecified atom stereocenters. The van der Waals surface area contributed by atoms with E-state index in [4.69, 9.17) is 0 Å². The van der Waals surface area contributed by atoms with Gasteiger partial charge in [0.15, 0.2) is 0 Å². The van der Waals surface area contributed by atoms with Gasteiger partial charge in [-0.05, 0) is 42.2 Å². The number of hydrogen-bond acceptors (Lipinski definition) is 4. The summed E-state index contributed by atoms with van der Waals surface area (Å²) in [6, 6.07) is 25.4. The Hall–Kier alpha value is -4.13. The summed E-state index contributed by atoms with van der Waals surface area (Å²) in [7, 11) is 1.79. The van der Waals surface area contributed by atoms with Crippen molar-refractivity contribution in [3.05, 3.63) is 95.6 Å². The summed E-state index contributed by atoms with van der Waals surface area (Å²) in [5.41, 5.74) is 4.03. The number of rotatable bonds is 8. The Balaban J connectivity index is 1.55. The molecule has 0 spiro atoms. The third kappa shape index (κ3) is 7.05. The summed E-state index contributed by atoms with van der Waals surface area (Å²) < 4.78 is 0. The fourth-order valence-corrected chi connectivity index (χ4v) is 5.24. The molecule has 7 heteroatoms. The number of carbonyl (C=O) groups excluding carboxylic acids is 3. The molecule has 1 N–H and O–H groups in total. The molecule has 3 aromatic rings. The number of nitrogens with one attached hydrogen (secondary N) is 1. The lowest BCUT2D eigenvalue weighted by atomic mass is 9.95. The SMILES string of the molecule is CCC(C(=O)N1CCCN(c2ccc(NC(C)=O)cc2C(=O)N(C)Cc2ccccc2)CC1)c1ccccc1. The van der Waals surface area contributed by atoms with Crippen LogP contribution >= 0.6 is 0 Å². The maximum absolute atomic E-state index is 13.7. The highest BCUT2D eigenvalue weighted by Gasteiger charge is 2.28. The molecule has 204 valence electrons. The second kappa shape index (κ2) is 13.1. The Kier molecular flexibility index (Phi) is 9.36. The second-order valence-corrected chi connectivity index (χ2v) is 10.1. The molecule has 1 heterocycles. The van der Waals surface area contributed by atoms with Crippen LogP contribution in [0.2, 0.25) is 0 Å². The second-order valence-electron chi connectivity index (χ2n) is 10.1. The molecule has 0 aliphatic carbocycles. The van der Waals surface area contributed by atoms with Gasteiger partial charge in [0.2, 0.25) is 11.8 Å². The first-order valence-electron chi connectivity index (χ1n) is 13.7. The molecule has 0 aromatic heterocycles. The van der Waals surface area contributed by atoms with Gasteiger partial charge in [-0.2, -0.15) is 0 Å². The molecule has 0 saturated carbocycles. The Morgan fingerprint density at radius 3 is 2.26 bits per heavy atom. The van der Waals surface area contributed by atoms with Crippen LogP contribution in [0.15, 0.2) is 78.9 Å². The van der Waals surface area contributed by atoms with Crippen molar-refractivity contribution >= 4 is 29.1 Å². The van der Waals surface area contributed by atoms with E-state index in [0.29, 0.717) is 37.4 Å². The third-order valence-corrected chi connectivity index (χ3v) is 7.21. The summed E-state index contributed by atoms with van der Waals surface area (Å²) >= 11 is 0. The maximum atomic E-state index is 13.7. The molecule has 1 aliphatic heterocycles. The highest BCUT2D eigenvalue weighted by Crippen LogP contribution is 2.28. The first-order chi connectivity index (χ1) is 18.9. The van der Waals surface area contributed by atoms with Crippen molar-refractivity contribution in [1.82, 2.24) is 9.80 Å². The van der Waals surface area contributed by atoms with Gasteiger partial charge in [0.25, 0.3) is 5.91 Å². The molecule has 0 bridgehead atoms. The van der Waals surface area contributed by atoms with Crippen molar-refractivity contribution in [2.45, 2.75) is 39.2 Å². The molecule has 4 rings (SSSR count). The molecule has 0 radical (unpaired) electrons. The van der Waals surface area contributed by atoms with E-state index < -0.39 is 0 Å². The lowest BCUT2D eigenvalue weighted by molar-refractivity contribution is -0.132. The zero-order chi connectivity index (χ0) is 27.8. The first kappa shape index (κ1) is 27.9. The van der Waals surface area contributed by atoms with Crippen LogP contribution in [0.25, 0.3) is 0 Å². The van der Waals surface area contributed by atoms with E-state index in [9.17, 15) is 14.4 Å². The summed E-state index contributed by atoms with van der Waals surface area (Å²) in [5.74, 6) is -0.302. The lowest BCUT2D eigenvalue weighted by Crippen LogP contribution is -2.38. The molecular weight excluding hydrogens is 488 g/mol. The van der Waals surface area contributed by atoms with Gasteiger partial charge in [-0.25, -0.2) is 0 Å². The van der Waals surface area contributed by atoms with Crippen molar-refractivity contribution in [2.24, 2.45) is 0 Å². The van der Waals surface area contributed by atoms with Crippen molar-refractivity contribution in [3.8, 4) is 0 Å². The predicted molar refractivity (Wildman–Crippen MR) is 156 cm³/mol. The van der Waals surface area contributed by atoms with Gasteiger partial charge in [0.05, 0.1) is 11.5 Å². The number of amides is 3. The standard InChI is InChI=1S/C32H38N4O3/c1-4-28(26-14-9-6-10-15-26)32(39)36-19-11-18-35(20-21-36)30-17-16-27(33-24(2)37)22-29(30)31(38)34(3)23-25-12-7-5-8-13-25/h5-10,12-17,22,28H,4,11,18-21,23H2,1-3H3,(H,33,37). The van der Waals surface area contributed by atoms with Crippen LogP contribution in [0, 0.1) is 0 Å². The van der Waals surface area contributed by atoms with E-state index in [1.54, 1.807) is 18.0 Å². The molecule has 3 aromatic carbocycles. The number of hydrogen-bond donors (Lipinski definition) is 1. The monoisotopic (exact) mass is 526 g/mol.